The molecule has 0 spiro atoms. The van der Waals surface area contributed by atoms with Crippen LogP contribution in [0.5, 0.6) is 0 Å². The number of esters is 1. The first-order chi connectivity index (χ1) is 12.0. The lowest BCUT2D eigenvalue weighted by atomic mass is 10.1. The summed E-state index contributed by atoms with van der Waals surface area (Å²) in [6.45, 7) is 4.78. The summed E-state index contributed by atoms with van der Waals surface area (Å²) >= 11 is 2.75. The van der Waals surface area contributed by atoms with Crippen LogP contribution < -0.4 is 10.6 Å². The molecule has 0 aliphatic rings. The Morgan fingerprint density at radius 3 is 2.84 bits per heavy atom. The van der Waals surface area contributed by atoms with Gasteiger partial charge in [-0.3, -0.25) is 4.79 Å². The molecule has 25 heavy (non-hydrogen) atoms. The van der Waals surface area contributed by atoms with Crippen molar-refractivity contribution >= 4 is 45.8 Å². The Bertz CT molecular complexity index is 749. The molecule has 0 aliphatic carbocycles. The van der Waals surface area contributed by atoms with E-state index in [-0.39, 0.29) is 11.7 Å². The molecule has 0 atom stereocenters. The smallest absolute Gasteiger partial charge is 0.337 e. The van der Waals surface area contributed by atoms with Gasteiger partial charge in [-0.25, -0.2) is 4.79 Å². The average molecular weight is 380 g/mol. The van der Waals surface area contributed by atoms with Crippen molar-refractivity contribution in [3.05, 3.63) is 29.3 Å². The van der Waals surface area contributed by atoms with E-state index in [0.29, 0.717) is 11.3 Å². The molecular weight excluding hydrogens is 360 g/mol. The summed E-state index contributed by atoms with van der Waals surface area (Å²) in [4.78, 5) is 23.8. The molecule has 1 heterocycles. The zero-order chi connectivity index (χ0) is 18.2. The number of methoxy groups -OCH3 is 1. The quantitative estimate of drug-likeness (QED) is 0.536. The van der Waals surface area contributed by atoms with E-state index >= 15 is 0 Å². The summed E-state index contributed by atoms with van der Waals surface area (Å²) in [6, 6.07) is 5.05. The summed E-state index contributed by atoms with van der Waals surface area (Å²) in [5.74, 6) is -0.399. The van der Waals surface area contributed by atoms with Gasteiger partial charge in [0.1, 0.15) is 0 Å². The number of amides is 1. The topological polar surface area (TPSA) is 93.2 Å². The van der Waals surface area contributed by atoms with Gasteiger partial charge >= 0.3 is 5.97 Å². The van der Waals surface area contributed by atoms with Gasteiger partial charge in [-0.1, -0.05) is 36.1 Å². The zero-order valence-corrected chi connectivity index (χ0v) is 15.9. The molecule has 9 heteroatoms. The minimum Gasteiger partial charge on any atom is -0.465 e. The number of nitrogens with one attached hydrogen (secondary N) is 2. The maximum atomic E-state index is 12.2. The highest BCUT2D eigenvalue weighted by molar-refractivity contribution is 8.01. The molecule has 0 bridgehead atoms. The molecule has 0 unspecified atom stereocenters. The van der Waals surface area contributed by atoms with Crippen LogP contribution in [0.1, 0.15) is 29.3 Å². The van der Waals surface area contributed by atoms with E-state index < -0.39 is 5.97 Å². The third-order valence-corrected chi connectivity index (χ3v) is 5.21. The van der Waals surface area contributed by atoms with Gasteiger partial charge in [0, 0.05) is 12.2 Å². The molecular formula is C16H20N4O3S2. The second kappa shape index (κ2) is 9.38. The summed E-state index contributed by atoms with van der Waals surface area (Å²) in [6.07, 6.45) is 1.01. The zero-order valence-electron chi connectivity index (χ0n) is 14.3. The van der Waals surface area contributed by atoms with E-state index in [1.54, 1.807) is 18.2 Å². The molecule has 0 saturated heterocycles. The number of carbonyl (C=O) groups is 2. The molecule has 0 aliphatic heterocycles. The number of nitrogens with zero attached hydrogens (tertiary/aromatic N) is 2. The van der Waals surface area contributed by atoms with Crippen LogP contribution in [0.25, 0.3) is 0 Å². The van der Waals surface area contributed by atoms with Crippen molar-refractivity contribution in [3.8, 4) is 0 Å². The highest BCUT2D eigenvalue weighted by Gasteiger charge is 2.12. The molecule has 1 aromatic carbocycles. The maximum absolute atomic E-state index is 12.2. The van der Waals surface area contributed by atoms with Crippen molar-refractivity contribution < 1.29 is 14.3 Å². The fourth-order valence-electron chi connectivity index (χ4n) is 1.89. The predicted octanol–water partition coefficient (Wildman–Crippen LogP) is 3.19. The lowest BCUT2D eigenvalue weighted by Crippen LogP contribution is -2.15. The van der Waals surface area contributed by atoms with E-state index in [2.05, 4.69) is 27.8 Å². The number of benzene rings is 1. The molecule has 0 radical (unpaired) electrons. The van der Waals surface area contributed by atoms with Crippen LogP contribution >= 0.6 is 23.1 Å². The average Bonchev–Trinajstić information content (AvgIpc) is 3.07. The van der Waals surface area contributed by atoms with Crippen molar-refractivity contribution in [1.29, 1.82) is 0 Å². The molecule has 2 N–H and O–H groups in total. The van der Waals surface area contributed by atoms with Crippen LogP contribution in [0.2, 0.25) is 0 Å². The molecule has 1 aromatic heterocycles. The van der Waals surface area contributed by atoms with Crippen LogP contribution in [-0.2, 0) is 9.53 Å². The Morgan fingerprint density at radius 2 is 2.12 bits per heavy atom. The predicted molar refractivity (Wildman–Crippen MR) is 101 cm³/mol. The van der Waals surface area contributed by atoms with Gasteiger partial charge in [0.05, 0.1) is 18.4 Å². The fraction of sp³-hybridized carbons (Fsp3) is 0.375. The number of thioether (sulfide) groups is 1. The molecule has 0 fully saturated rings. The summed E-state index contributed by atoms with van der Waals surface area (Å²) in [5, 5.41) is 14.8. The lowest BCUT2D eigenvalue weighted by molar-refractivity contribution is -0.113. The van der Waals surface area contributed by atoms with Gasteiger partial charge < -0.3 is 15.4 Å². The number of rotatable bonds is 8. The monoisotopic (exact) mass is 380 g/mol. The van der Waals surface area contributed by atoms with Gasteiger partial charge in [0.2, 0.25) is 11.0 Å². The summed E-state index contributed by atoms with van der Waals surface area (Å²) < 4.78 is 5.43. The molecule has 0 saturated carbocycles. The van der Waals surface area contributed by atoms with E-state index in [1.807, 2.05) is 6.92 Å². The first kappa shape index (κ1) is 19.2. The Hall–Kier alpha value is -2.13. The van der Waals surface area contributed by atoms with Gasteiger partial charge in [-0.15, -0.1) is 10.2 Å². The SMILES string of the molecule is CCCNc1nnc(SCC(=O)Nc2cc(C(=O)OC)ccc2C)s1. The Kier molecular flexibility index (Phi) is 7.20. The van der Waals surface area contributed by atoms with Crippen LogP contribution in [0.15, 0.2) is 22.5 Å². The third kappa shape index (κ3) is 5.71. The number of ether oxygens (including phenoxy) is 1. The molecule has 134 valence electrons. The maximum Gasteiger partial charge on any atom is 0.337 e. The Morgan fingerprint density at radius 1 is 1.32 bits per heavy atom. The molecule has 2 rings (SSSR count). The number of carbonyl (C=O) groups excluding carboxylic acids is 2. The molecule has 1 amide bonds. The van der Waals surface area contributed by atoms with Crippen molar-refractivity contribution in [2.75, 3.05) is 30.0 Å². The summed E-state index contributed by atoms with van der Waals surface area (Å²) in [7, 11) is 1.32. The largest absolute Gasteiger partial charge is 0.465 e. The first-order valence-electron chi connectivity index (χ1n) is 7.72. The van der Waals surface area contributed by atoms with E-state index in [1.165, 1.54) is 30.2 Å². The van der Waals surface area contributed by atoms with Crippen molar-refractivity contribution in [3.63, 3.8) is 0 Å². The van der Waals surface area contributed by atoms with Crippen molar-refractivity contribution in [1.82, 2.24) is 10.2 Å². The Balaban J connectivity index is 1.91. The van der Waals surface area contributed by atoms with Gasteiger partial charge in [0.25, 0.3) is 0 Å². The number of anilines is 2. The lowest BCUT2D eigenvalue weighted by Gasteiger charge is -2.09. The van der Waals surface area contributed by atoms with Gasteiger partial charge in [-0.2, -0.15) is 0 Å². The van der Waals surface area contributed by atoms with Crippen LogP contribution in [0.3, 0.4) is 0 Å². The van der Waals surface area contributed by atoms with Gasteiger partial charge in [-0.05, 0) is 31.0 Å². The van der Waals surface area contributed by atoms with Crippen LogP contribution in [-0.4, -0.2) is 41.5 Å². The van der Waals surface area contributed by atoms with Gasteiger partial charge in [0.15, 0.2) is 4.34 Å². The van der Waals surface area contributed by atoms with E-state index in [9.17, 15) is 9.59 Å². The number of hydrogen-bond donors (Lipinski definition) is 2. The highest BCUT2D eigenvalue weighted by atomic mass is 32.2. The molecule has 2 aromatic rings. The van der Waals surface area contributed by atoms with Crippen LogP contribution in [0, 0.1) is 6.92 Å². The van der Waals surface area contributed by atoms with Crippen LogP contribution in [0.4, 0.5) is 10.8 Å². The van der Waals surface area contributed by atoms with Crippen molar-refractivity contribution in [2.24, 2.45) is 0 Å². The Labute approximate surface area is 154 Å². The minimum absolute atomic E-state index is 0.173. The second-order valence-corrected chi connectivity index (χ2v) is 7.36. The minimum atomic E-state index is -0.439. The summed E-state index contributed by atoms with van der Waals surface area (Å²) in [5.41, 5.74) is 1.86. The molecule has 7 nitrogen and oxygen atoms in total. The second-order valence-electron chi connectivity index (χ2n) is 5.16. The van der Waals surface area contributed by atoms with E-state index in [0.717, 1.165) is 28.0 Å². The normalized spacial score (nSPS) is 10.4. The standard InChI is InChI=1S/C16H20N4O3S2/c1-4-7-17-15-19-20-16(25-15)24-9-13(21)18-12-8-11(14(22)23-3)6-5-10(12)2/h5-6,8H,4,7,9H2,1-3H3,(H,17,19)(H,18,21). The van der Waals surface area contributed by atoms with E-state index in [4.69, 9.17) is 4.74 Å². The first-order valence-corrected chi connectivity index (χ1v) is 9.52. The number of hydrogen-bond acceptors (Lipinski definition) is 8. The van der Waals surface area contributed by atoms with Crippen molar-refractivity contribution in [2.45, 2.75) is 24.6 Å². The number of aryl methyl sites for hydroxylation is 1. The fourth-order valence-corrected chi connectivity index (χ4v) is 3.46. The highest BCUT2D eigenvalue weighted by Crippen LogP contribution is 2.26. The third-order valence-electron chi connectivity index (χ3n) is 3.19. The number of aromatic nitrogens is 2.